The Hall–Kier alpha value is -2.15. The van der Waals surface area contributed by atoms with E-state index in [0.29, 0.717) is 0 Å². The molecule has 6 heteroatoms. The zero-order valence-corrected chi connectivity index (χ0v) is 14.6. The summed E-state index contributed by atoms with van der Waals surface area (Å²) in [6.07, 6.45) is 5.31. The maximum atomic E-state index is 9.32. The molecule has 1 aliphatic heterocycles. The summed E-state index contributed by atoms with van der Waals surface area (Å²) < 4.78 is 3.01. The number of hydrogen-bond donors (Lipinski definition) is 1. The first-order valence-electron chi connectivity index (χ1n) is 7.65. The molecule has 1 atom stereocenters. The summed E-state index contributed by atoms with van der Waals surface area (Å²) in [5, 5.41) is 11.0. The van der Waals surface area contributed by atoms with Crippen LogP contribution in [-0.4, -0.2) is 27.2 Å². The van der Waals surface area contributed by atoms with Gasteiger partial charge in [0.2, 0.25) is 0 Å². The van der Waals surface area contributed by atoms with Crippen LogP contribution in [0.2, 0.25) is 0 Å². The van der Waals surface area contributed by atoms with Crippen molar-refractivity contribution in [2.24, 2.45) is 0 Å². The lowest BCUT2D eigenvalue weighted by Crippen LogP contribution is -2.21. The Morgan fingerprint density at radius 2 is 2.04 bits per heavy atom. The van der Waals surface area contributed by atoms with Crippen molar-refractivity contribution in [1.82, 2.24) is 9.38 Å². The number of rotatable bonds is 3. The zero-order chi connectivity index (χ0) is 16.7. The zero-order valence-electron chi connectivity index (χ0n) is 13.1. The van der Waals surface area contributed by atoms with E-state index >= 15 is 0 Å². The van der Waals surface area contributed by atoms with Gasteiger partial charge in [-0.3, -0.25) is 9.24 Å². The van der Waals surface area contributed by atoms with E-state index in [1.807, 2.05) is 66.2 Å². The minimum Gasteiger partial charge on any atom is -0.393 e. The number of anilines is 1. The molecule has 2 aromatic heterocycles. The minimum absolute atomic E-state index is 0.0591. The van der Waals surface area contributed by atoms with E-state index in [2.05, 4.69) is 15.9 Å². The Kier molecular flexibility index (Phi) is 3.88. The second kappa shape index (κ2) is 6.05. The van der Waals surface area contributed by atoms with Crippen LogP contribution in [-0.2, 0) is 4.84 Å². The van der Waals surface area contributed by atoms with Gasteiger partial charge in [-0.05, 0) is 42.8 Å². The highest BCUT2D eigenvalue weighted by molar-refractivity contribution is 9.10. The monoisotopic (exact) mass is 385 g/mol. The Bertz CT molecular complexity index is 918. The minimum atomic E-state index is -0.334. The third-order valence-corrected chi connectivity index (χ3v) is 4.48. The number of hydroxylamine groups is 1. The van der Waals surface area contributed by atoms with Gasteiger partial charge in [-0.1, -0.05) is 28.1 Å². The van der Waals surface area contributed by atoms with Crippen molar-refractivity contribution < 1.29 is 9.94 Å². The molecule has 1 unspecified atom stereocenters. The molecular weight excluding hydrogens is 370 g/mol. The van der Waals surface area contributed by atoms with Crippen LogP contribution < -0.4 is 5.06 Å². The molecule has 122 valence electrons. The molecule has 5 nitrogen and oxygen atoms in total. The van der Waals surface area contributed by atoms with Crippen molar-refractivity contribution in [2.75, 3.05) is 11.7 Å². The number of nitrogens with zero attached hydrogens (tertiary/aromatic N) is 3. The summed E-state index contributed by atoms with van der Waals surface area (Å²) in [5.41, 5.74) is 3.83. The first-order valence-corrected chi connectivity index (χ1v) is 8.45. The van der Waals surface area contributed by atoms with Crippen molar-refractivity contribution in [1.29, 1.82) is 0 Å². The molecule has 3 aromatic rings. The van der Waals surface area contributed by atoms with Crippen molar-refractivity contribution >= 4 is 27.4 Å². The number of aryl methyl sites for hydroxylation is 1. The van der Waals surface area contributed by atoms with Crippen LogP contribution in [0.15, 0.2) is 59.3 Å². The second-order valence-electron chi connectivity index (χ2n) is 5.72. The van der Waals surface area contributed by atoms with E-state index in [4.69, 9.17) is 9.82 Å². The van der Waals surface area contributed by atoms with Crippen LogP contribution in [0, 0.1) is 6.92 Å². The summed E-state index contributed by atoms with van der Waals surface area (Å²) >= 11 is 3.46. The maximum absolute atomic E-state index is 9.32. The van der Waals surface area contributed by atoms with Crippen LogP contribution in [0.5, 0.6) is 0 Å². The van der Waals surface area contributed by atoms with Crippen LogP contribution >= 0.6 is 15.9 Å². The number of halogens is 1. The van der Waals surface area contributed by atoms with Gasteiger partial charge >= 0.3 is 0 Å². The highest BCUT2D eigenvalue weighted by Gasteiger charge is 2.25. The Morgan fingerprint density at radius 1 is 1.25 bits per heavy atom. The largest absolute Gasteiger partial charge is 0.393 e. The average Bonchev–Trinajstić information content (AvgIpc) is 3.18. The lowest BCUT2D eigenvalue weighted by atomic mass is 10.1. The van der Waals surface area contributed by atoms with E-state index in [1.54, 1.807) is 5.06 Å². The standard InChI is InChI=1S/C18H16BrN3O2/c1-12-6-8-21-16(10-12)20-17(13-2-4-14(19)5-3-13)18(21)22-9-7-15(11-23)24-22/h2-10,15,23H,11H2,1H3. The number of aromatic nitrogens is 2. The maximum Gasteiger partial charge on any atom is 0.170 e. The summed E-state index contributed by atoms with van der Waals surface area (Å²) in [6.45, 7) is 1.98. The fourth-order valence-corrected chi connectivity index (χ4v) is 3.01. The molecule has 1 aliphatic rings. The number of imidazole rings is 1. The van der Waals surface area contributed by atoms with Crippen molar-refractivity contribution in [3.05, 3.63) is 64.9 Å². The quantitative estimate of drug-likeness (QED) is 0.746. The highest BCUT2D eigenvalue weighted by Crippen LogP contribution is 2.34. The van der Waals surface area contributed by atoms with Crippen LogP contribution in [0.25, 0.3) is 16.9 Å². The van der Waals surface area contributed by atoms with Gasteiger partial charge < -0.3 is 5.11 Å². The molecule has 24 heavy (non-hydrogen) atoms. The fraction of sp³-hybridized carbons (Fsp3) is 0.167. The van der Waals surface area contributed by atoms with Gasteiger partial charge in [-0.2, -0.15) is 0 Å². The molecule has 0 radical (unpaired) electrons. The molecule has 3 heterocycles. The third kappa shape index (κ3) is 2.62. The molecule has 0 spiro atoms. The lowest BCUT2D eigenvalue weighted by molar-refractivity contribution is 0.0555. The molecule has 1 N–H and O–H groups in total. The number of pyridine rings is 1. The number of hydrogen-bond acceptors (Lipinski definition) is 4. The molecule has 0 aliphatic carbocycles. The van der Waals surface area contributed by atoms with Crippen molar-refractivity contribution in [3.8, 4) is 11.3 Å². The van der Waals surface area contributed by atoms with Gasteiger partial charge in [0.25, 0.3) is 0 Å². The SMILES string of the molecule is Cc1ccn2c(N3C=CC(CO)O3)c(-c3ccc(Br)cc3)nc2c1. The number of benzene rings is 1. The summed E-state index contributed by atoms with van der Waals surface area (Å²) in [4.78, 5) is 10.6. The number of aliphatic hydroxyl groups excluding tert-OH is 1. The first-order chi connectivity index (χ1) is 11.7. The van der Waals surface area contributed by atoms with E-state index < -0.39 is 0 Å². The fourth-order valence-electron chi connectivity index (χ4n) is 2.75. The summed E-state index contributed by atoms with van der Waals surface area (Å²) in [7, 11) is 0. The van der Waals surface area contributed by atoms with E-state index in [9.17, 15) is 5.11 Å². The van der Waals surface area contributed by atoms with E-state index in [0.717, 1.165) is 32.8 Å². The Morgan fingerprint density at radius 3 is 2.75 bits per heavy atom. The highest BCUT2D eigenvalue weighted by atomic mass is 79.9. The van der Waals surface area contributed by atoms with Crippen molar-refractivity contribution in [2.45, 2.75) is 13.0 Å². The first kappa shape index (κ1) is 15.4. The Balaban J connectivity index is 1.90. The van der Waals surface area contributed by atoms with E-state index in [1.165, 1.54) is 0 Å². The Labute approximate surface area is 147 Å². The smallest absolute Gasteiger partial charge is 0.170 e. The van der Waals surface area contributed by atoms with Gasteiger partial charge in [0.15, 0.2) is 5.82 Å². The van der Waals surface area contributed by atoms with Crippen LogP contribution in [0.3, 0.4) is 0 Å². The van der Waals surface area contributed by atoms with E-state index in [-0.39, 0.29) is 12.7 Å². The molecule has 4 rings (SSSR count). The molecular formula is C18H16BrN3O2. The topological polar surface area (TPSA) is 50.0 Å². The summed E-state index contributed by atoms with van der Waals surface area (Å²) in [5.74, 6) is 0.819. The molecule has 0 fully saturated rings. The average molecular weight is 386 g/mol. The normalized spacial score (nSPS) is 17.1. The molecule has 0 saturated carbocycles. The predicted molar refractivity (Wildman–Crippen MR) is 96.6 cm³/mol. The third-order valence-electron chi connectivity index (χ3n) is 3.95. The number of fused-ring (bicyclic) bond motifs is 1. The van der Waals surface area contributed by atoms with Gasteiger partial charge in [0, 0.05) is 22.4 Å². The van der Waals surface area contributed by atoms with Gasteiger partial charge in [-0.15, -0.1) is 0 Å². The van der Waals surface area contributed by atoms with Crippen molar-refractivity contribution in [3.63, 3.8) is 0 Å². The van der Waals surface area contributed by atoms with Gasteiger partial charge in [0.1, 0.15) is 17.4 Å². The molecule has 1 aromatic carbocycles. The molecule has 0 amide bonds. The summed E-state index contributed by atoms with van der Waals surface area (Å²) in [6, 6.07) is 12.1. The molecule has 0 bridgehead atoms. The molecule has 0 saturated heterocycles. The van der Waals surface area contributed by atoms with Gasteiger partial charge in [0.05, 0.1) is 6.61 Å². The van der Waals surface area contributed by atoms with Crippen LogP contribution in [0.4, 0.5) is 5.82 Å². The van der Waals surface area contributed by atoms with Gasteiger partial charge in [-0.25, -0.2) is 10.0 Å². The predicted octanol–water partition coefficient (Wildman–Crippen LogP) is 3.70. The number of aliphatic hydroxyl groups is 1. The second-order valence-corrected chi connectivity index (χ2v) is 6.63. The van der Waals surface area contributed by atoms with Crippen LogP contribution in [0.1, 0.15) is 5.56 Å². The lowest BCUT2D eigenvalue weighted by Gasteiger charge is -2.18.